The van der Waals surface area contributed by atoms with E-state index in [9.17, 15) is 9.50 Å². The Kier molecular flexibility index (Phi) is 3.76. The first kappa shape index (κ1) is 12.1. The number of halogens is 1. The molecule has 0 saturated heterocycles. The van der Waals surface area contributed by atoms with E-state index in [0.29, 0.717) is 17.9 Å². The minimum absolute atomic E-state index is 0.366. The molecule has 2 nitrogen and oxygen atoms in total. The van der Waals surface area contributed by atoms with E-state index in [4.69, 9.17) is 4.74 Å². The molecule has 1 unspecified atom stereocenters. The number of hydrogen-bond acceptors (Lipinski definition) is 3. The maximum Gasteiger partial charge on any atom is 0.128 e. The average molecular weight is 252 g/mol. The van der Waals surface area contributed by atoms with Crippen molar-refractivity contribution in [3.63, 3.8) is 0 Å². The third-order valence-corrected chi connectivity index (χ3v) is 3.13. The molecule has 0 radical (unpaired) electrons. The quantitative estimate of drug-likeness (QED) is 0.902. The highest BCUT2D eigenvalue weighted by Crippen LogP contribution is 2.26. The molecule has 17 heavy (non-hydrogen) atoms. The van der Waals surface area contributed by atoms with Crippen LogP contribution in [0.1, 0.15) is 24.2 Å². The fraction of sp³-hybridized carbons (Fsp3) is 0.231. The van der Waals surface area contributed by atoms with Gasteiger partial charge in [0.2, 0.25) is 0 Å². The summed E-state index contributed by atoms with van der Waals surface area (Å²) in [5, 5.41) is 13.5. The number of hydrogen-bond donors (Lipinski definition) is 1. The Hall–Kier alpha value is -1.39. The van der Waals surface area contributed by atoms with Gasteiger partial charge >= 0.3 is 0 Å². The first-order valence-electron chi connectivity index (χ1n) is 5.28. The smallest absolute Gasteiger partial charge is 0.128 e. The van der Waals surface area contributed by atoms with E-state index in [1.165, 1.54) is 12.1 Å². The molecule has 0 fully saturated rings. The van der Waals surface area contributed by atoms with Crippen molar-refractivity contribution in [3.8, 4) is 5.75 Å². The van der Waals surface area contributed by atoms with E-state index in [1.54, 1.807) is 24.3 Å². The normalized spacial score (nSPS) is 12.4. The van der Waals surface area contributed by atoms with Crippen LogP contribution in [0, 0.1) is 5.82 Å². The van der Waals surface area contributed by atoms with Gasteiger partial charge in [0.15, 0.2) is 0 Å². The van der Waals surface area contributed by atoms with Crippen LogP contribution in [0.2, 0.25) is 0 Å². The molecule has 2 rings (SSSR count). The number of ether oxygens (including phenoxy) is 1. The van der Waals surface area contributed by atoms with E-state index in [2.05, 4.69) is 0 Å². The third kappa shape index (κ3) is 3.05. The molecule has 0 saturated carbocycles. The average Bonchev–Trinajstić information content (AvgIpc) is 2.78. The number of benzene rings is 1. The summed E-state index contributed by atoms with van der Waals surface area (Å²) in [5.74, 6) is 0.0286. The summed E-state index contributed by atoms with van der Waals surface area (Å²) in [6.07, 6.45) is -0.673. The van der Waals surface area contributed by atoms with E-state index >= 15 is 0 Å². The van der Waals surface area contributed by atoms with Crippen molar-refractivity contribution >= 4 is 11.3 Å². The van der Waals surface area contributed by atoms with Gasteiger partial charge in [-0.15, -0.1) is 0 Å². The molecule has 1 aromatic carbocycles. The van der Waals surface area contributed by atoms with Crippen LogP contribution in [-0.4, -0.2) is 5.11 Å². The van der Waals surface area contributed by atoms with Gasteiger partial charge in [-0.05, 0) is 41.4 Å². The van der Waals surface area contributed by atoms with Gasteiger partial charge < -0.3 is 9.84 Å². The van der Waals surface area contributed by atoms with Gasteiger partial charge in [0, 0.05) is 11.6 Å². The van der Waals surface area contributed by atoms with Crippen molar-refractivity contribution < 1.29 is 14.2 Å². The topological polar surface area (TPSA) is 29.5 Å². The third-order valence-electron chi connectivity index (χ3n) is 2.40. The van der Waals surface area contributed by atoms with Crippen LogP contribution < -0.4 is 4.74 Å². The fourth-order valence-electron chi connectivity index (χ4n) is 1.51. The predicted molar refractivity (Wildman–Crippen MR) is 65.7 cm³/mol. The van der Waals surface area contributed by atoms with Crippen molar-refractivity contribution in [2.45, 2.75) is 19.6 Å². The summed E-state index contributed by atoms with van der Waals surface area (Å²) in [4.78, 5) is 0. The van der Waals surface area contributed by atoms with Crippen LogP contribution in [0.15, 0.2) is 35.0 Å². The molecule has 4 heteroatoms. The number of rotatable bonds is 4. The van der Waals surface area contributed by atoms with Crippen molar-refractivity contribution in [2.75, 3.05) is 0 Å². The van der Waals surface area contributed by atoms with E-state index in [1.807, 2.05) is 16.8 Å². The number of aliphatic hydroxyl groups is 1. The van der Waals surface area contributed by atoms with E-state index < -0.39 is 6.10 Å². The second-order valence-corrected chi connectivity index (χ2v) is 4.56. The fourth-order valence-corrected chi connectivity index (χ4v) is 2.17. The van der Waals surface area contributed by atoms with Crippen molar-refractivity contribution in [1.82, 2.24) is 0 Å². The number of aliphatic hydroxyl groups excluding tert-OH is 1. The summed E-state index contributed by atoms with van der Waals surface area (Å²) in [6.45, 7) is 2.01. The minimum atomic E-state index is -0.673. The zero-order chi connectivity index (χ0) is 12.3. The molecule has 0 aliphatic rings. The van der Waals surface area contributed by atoms with Gasteiger partial charge in [-0.1, -0.05) is 0 Å². The summed E-state index contributed by atoms with van der Waals surface area (Å²) < 4.78 is 18.6. The van der Waals surface area contributed by atoms with Crippen LogP contribution in [0.25, 0.3) is 0 Å². The zero-order valence-electron chi connectivity index (χ0n) is 9.39. The molecule has 0 bridgehead atoms. The Morgan fingerprint density at radius 2 is 2.24 bits per heavy atom. The zero-order valence-corrected chi connectivity index (χ0v) is 10.2. The van der Waals surface area contributed by atoms with Gasteiger partial charge in [0.05, 0.1) is 6.10 Å². The molecule has 1 heterocycles. The molecule has 1 aromatic heterocycles. The Labute approximate surface area is 103 Å². The van der Waals surface area contributed by atoms with Gasteiger partial charge in [0.25, 0.3) is 0 Å². The second-order valence-electron chi connectivity index (χ2n) is 3.78. The van der Waals surface area contributed by atoms with Crippen LogP contribution in [0.5, 0.6) is 5.75 Å². The molecule has 90 valence electrons. The highest BCUT2D eigenvalue weighted by molar-refractivity contribution is 7.07. The Balaban J connectivity index is 2.16. The van der Waals surface area contributed by atoms with Crippen LogP contribution in [0.3, 0.4) is 0 Å². The lowest BCUT2D eigenvalue weighted by Crippen LogP contribution is -2.00. The van der Waals surface area contributed by atoms with E-state index in [0.717, 1.165) is 5.56 Å². The molecule has 0 aliphatic carbocycles. The highest BCUT2D eigenvalue weighted by Gasteiger charge is 2.10. The molecule has 0 aliphatic heterocycles. The molecule has 0 spiro atoms. The Morgan fingerprint density at radius 1 is 1.41 bits per heavy atom. The van der Waals surface area contributed by atoms with Crippen LogP contribution in [-0.2, 0) is 6.61 Å². The van der Waals surface area contributed by atoms with Gasteiger partial charge in [0.1, 0.15) is 18.2 Å². The first-order chi connectivity index (χ1) is 8.16. The van der Waals surface area contributed by atoms with Crippen LogP contribution in [0.4, 0.5) is 4.39 Å². The molecule has 1 N–H and O–H groups in total. The highest BCUT2D eigenvalue weighted by atomic mass is 32.1. The Morgan fingerprint density at radius 3 is 2.88 bits per heavy atom. The summed E-state index contributed by atoms with van der Waals surface area (Å²) >= 11 is 1.58. The van der Waals surface area contributed by atoms with E-state index in [-0.39, 0.29) is 5.82 Å². The minimum Gasteiger partial charge on any atom is -0.488 e. The molecule has 0 amide bonds. The summed E-state index contributed by atoms with van der Waals surface area (Å²) in [7, 11) is 0. The first-order valence-corrected chi connectivity index (χ1v) is 6.22. The largest absolute Gasteiger partial charge is 0.488 e. The predicted octanol–water partition coefficient (Wildman–Crippen LogP) is 3.52. The van der Waals surface area contributed by atoms with Crippen molar-refractivity contribution in [3.05, 3.63) is 52.0 Å². The van der Waals surface area contributed by atoms with Crippen molar-refractivity contribution in [2.24, 2.45) is 0 Å². The molecular formula is C13H13FO2S. The monoisotopic (exact) mass is 252 g/mol. The van der Waals surface area contributed by atoms with Crippen LogP contribution >= 0.6 is 11.3 Å². The summed E-state index contributed by atoms with van der Waals surface area (Å²) in [6, 6.07) is 6.11. The summed E-state index contributed by atoms with van der Waals surface area (Å²) in [5.41, 5.74) is 1.64. The number of thiophene rings is 1. The molecule has 1 atom stereocenters. The lowest BCUT2D eigenvalue weighted by Gasteiger charge is -2.13. The second kappa shape index (κ2) is 5.29. The van der Waals surface area contributed by atoms with Gasteiger partial charge in [-0.3, -0.25) is 0 Å². The Bertz CT molecular complexity index is 480. The van der Waals surface area contributed by atoms with Crippen molar-refractivity contribution in [1.29, 1.82) is 0 Å². The SMILES string of the molecule is CC(O)c1ccc(F)cc1OCc1ccsc1. The lowest BCUT2D eigenvalue weighted by atomic mass is 10.1. The lowest BCUT2D eigenvalue weighted by molar-refractivity contribution is 0.190. The maximum atomic E-state index is 13.1. The maximum absolute atomic E-state index is 13.1. The van der Waals surface area contributed by atoms with Gasteiger partial charge in [-0.2, -0.15) is 11.3 Å². The van der Waals surface area contributed by atoms with Gasteiger partial charge in [-0.25, -0.2) is 4.39 Å². The molecular weight excluding hydrogens is 239 g/mol. The molecule has 2 aromatic rings. The standard InChI is InChI=1S/C13H13FO2S/c1-9(15)12-3-2-11(14)6-13(12)16-7-10-4-5-17-8-10/h2-6,8-9,15H,7H2,1H3.